The molecule has 0 unspecified atom stereocenters. The Bertz CT molecular complexity index is 678. The van der Waals surface area contributed by atoms with Gasteiger partial charge in [0.15, 0.2) is 0 Å². The van der Waals surface area contributed by atoms with Gasteiger partial charge >= 0.3 is 11.9 Å². The molecule has 7 heteroatoms. The number of carbonyl (C=O) groups excluding carboxylic acids is 1. The molecule has 0 aliphatic heterocycles. The number of hydrogen-bond donors (Lipinski definition) is 1. The van der Waals surface area contributed by atoms with Gasteiger partial charge in [-0.3, -0.25) is 4.79 Å². The fourth-order valence-corrected chi connectivity index (χ4v) is 2.11. The SMILES string of the molecule is COC(=O)Cn1cc(C(=O)O)c2cc(Cl)c(Cl)cc21. The molecule has 0 fully saturated rings. The average Bonchev–Trinajstić information content (AvgIpc) is 2.68. The molecule has 0 amide bonds. The number of hydrogen-bond acceptors (Lipinski definition) is 3. The van der Waals surface area contributed by atoms with Crippen molar-refractivity contribution in [3.05, 3.63) is 33.9 Å². The zero-order chi connectivity index (χ0) is 14.2. The van der Waals surface area contributed by atoms with Gasteiger partial charge in [-0.1, -0.05) is 23.2 Å². The van der Waals surface area contributed by atoms with Crippen molar-refractivity contribution in [2.45, 2.75) is 6.54 Å². The highest BCUT2D eigenvalue weighted by atomic mass is 35.5. The van der Waals surface area contributed by atoms with Crippen LogP contribution in [0.4, 0.5) is 0 Å². The van der Waals surface area contributed by atoms with Crippen molar-refractivity contribution in [3.63, 3.8) is 0 Å². The van der Waals surface area contributed by atoms with Crippen molar-refractivity contribution < 1.29 is 19.4 Å². The number of aromatic carboxylic acids is 1. The number of carboxylic acid groups (broad SMARTS) is 1. The Kier molecular flexibility index (Phi) is 3.68. The van der Waals surface area contributed by atoms with Gasteiger partial charge in [0.05, 0.1) is 28.2 Å². The molecular weight excluding hydrogens is 293 g/mol. The second kappa shape index (κ2) is 5.11. The first-order valence-electron chi connectivity index (χ1n) is 5.22. The molecule has 100 valence electrons. The topological polar surface area (TPSA) is 68.5 Å². The van der Waals surface area contributed by atoms with Crippen molar-refractivity contribution in [3.8, 4) is 0 Å². The van der Waals surface area contributed by atoms with E-state index in [1.807, 2.05) is 0 Å². The molecule has 0 saturated carbocycles. The van der Waals surface area contributed by atoms with Gasteiger partial charge in [0.2, 0.25) is 0 Å². The summed E-state index contributed by atoms with van der Waals surface area (Å²) in [5.74, 6) is -1.59. The van der Waals surface area contributed by atoms with Crippen LogP contribution >= 0.6 is 23.2 Å². The summed E-state index contributed by atoms with van der Waals surface area (Å²) < 4.78 is 6.03. The lowest BCUT2D eigenvalue weighted by Gasteiger charge is -2.04. The predicted octanol–water partition coefficient (Wildman–Crippen LogP) is 2.82. The van der Waals surface area contributed by atoms with Crippen LogP contribution in [0.25, 0.3) is 10.9 Å². The summed E-state index contributed by atoms with van der Waals surface area (Å²) in [6, 6.07) is 2.99. The summed E-state index contributed by atoms with van der Waals surface area (Å²) in [6.45, 7) is -0.0990. The summed E-state index contributed by atoms with van der Waals surface area (Å²) in [5, 5.41) is 10.1. The number of carboxylic acids is 1. The number of halogens is 2. The summed E-state index contributed by atoms with van der Waals surface area (Å²) in [7, 11) is 1.26. The second-order valence-corrected chi connectivity index (χ2v) is 4.65. The molecule has 1 heterocycles. The largest absolute Gasteiger partial charge is 0.478 e. The number of rotatable bonds is 3. The van der Waals surface area contributed by atoms with Crippen LogP contribution in [0, 0.1) is 0 Å². The first-order valence-corrected chi connectivity index (χ1v) is 5.97. The number of carbonyl (C=O) groups is 2. The maximum absolute atomic E-state index is 11.3. The average molecular weight is 302 g/mol. The Labute approximate surface area is 118 Å². The van der Waals surface area contributed by atoms with Gasteiger partial charge < -0.3 is 14.4 Å². The van der Waals surface area contributed by atoms with E-state index in [4.69, 9.17) is 28.3 Å². The zero-order valence-electron chi connectivity index (χ0n) is 9.81. The molecule has 0 aliphatic carbocycles. The van der Waals surface area contributed by atoms with E-state index in [9.17, 15) is 9.59 Å². The summed E-state index contributed by atoms with van der Waals surface area (Å²) in [5.41, 5.74) is 0.565. The van der Waals surface area contributed by atoms with E-state index in [0.29, 0.717) is 10.9 Å². The standard InChI is InChI=1S/C12H9Cl2NO4/c1-19-11(16)5-15-4-7(12(17)18)6-2-8(13)9(14)3-10(6)15/h2-4H,5H2,1H3,(H,17,18). The molecule has 19 heavy (non-hydrogen) atoms. The number of aromatic nitrogens is 1. The van der Waals surface area contributed by atoms with Crippen molar-refractivity contribution in [1.82, 2.24) is 4.57 Å². The predicted molar refractivity (Wildman–Crippen MR) is 70.9 cm³/mol. The lowest BCUT2D eigenvalue weighted by Crippen LogP contribution is -2.10. The van der Waals surface area contributed by atoms with E-state index in [0.717, 1.165) is 0 Å². The smallest absolute Gasteiger partial charge is 0.337 e. The van der Waals surface area contributed by atoms with Crippen LogP contribution in [-0.4, -0.2) is 28.7 Å². The van der Waals surface area contributed by atoms with Crippen LogP contribution in [0.3, 0.4) is 0 Å². The molecule has 2 rings (SSSR count). The number of esters is 1. The molecule has 1 aromatic heterocycles. The lowest BCUT2D eigenvalue weighted by atomic mass is 10.2. The Hall–Kier alpha value is -1.72. The molecule has 0 atom stereocenters. The first-order chi connectivity index (χ1) is 8.93. The molecule has 0 saturated heterocycles. The summed E-state index contributed by atoms with van der Waals surface area (Å²) >= 11 is 11.8. The molecule has 0 spiro atoms. The van der Waals surface area contributed by atoms with Crippen LogP contribution in [0.15, 0.2) is 18.3 Å². The minimum atomic E-state index is -1.10. The van der Waals surface area contributed by atoms with Crippen molar-refractivity contribution >= 4 is 46.0 Å². The van der Waals surface area contributed by atoms with Crippen molar-refractivity contribution in [2.75, 3.05) is 7.11 Å². The van der Waals surface area contributed by atoms with E-state index in [2.05, 4.69) is 4.74 Å². The van der Waals surface area contributed by atoms with Crippen LogP contribution in [0.1, 0.15) is 10.4 Å². The Morgan fingerprint density at radius 1 is 1.32 bits per heavy atom. The highest BCUT2D eigenvalue weighted by Crippen LogP contribution is 2.31. The third kappa shape index (κ3) is 2.52. The van der Waals surface area contributed by atoms with Crippen LogP contribution in [0.2, 0.25) is 10.0 Å². The number of nitrogens with zero attached hydrogens (tertiary/aromatic N) is 1. The minimum absolute atomic E-state index is 0.0532. The van der Waals surface area contributed by atoms with Crippen molar-refractivity contribution in [2.24, 2.45) is 0 Å². The van der Waals surface area contributed by atoms with E-state index in [1.165, 1.54) is 30.0 Å². The maximum Gasteiger partial charge on any atom is 0.337 e. The zero-order valence-corrected chi connectivity index (χ0v) is 11.3. The van der Waals surface area contributed by atoms with Crippen LogP contribution in [0.5, 0.6) is 0 Å². The monoisotopic (exact) mass is 301 g/mol. The summed E-state index contributed by atoms with van der Waals surface area (Å²) in [4.78, 5) is 22.5. The molecular formula is C12H9Cl2NO4. The van der Waals surface area contributed by atoms with Gasteiger partial charge in [-0.05, 0) is 12.1 Å². The minimum Gasteiger partial charge on any atom is -0.478 e. The molecule has 1 aromatic carbocycles. The van der Waals surface area contributed by atoms with Crippen LogP contribution < -0.4 is 0 Å². The van der Waals surface area contributed by atoms with Gasteiger partial charge in [-0.25, -0.2) is 4.79 Å². The molecule has 5 nitrogen and oxygen atoms in total. The van der Waals surface area contributed by atoms with Gasteiger partial charge in [0.1, 0.15) is 6.54 Å². The van der Waals surface area contributed by atoms with Gasteiger partial charge in [0, 0.05) is 11.6 Å². The first kappa shape index (κ1) is 13.7. The molecule has 2 aromatic rings. The quantitative estimate of drug-likeness (QED) is 0.885. The normalized spacial score (nSPS) is 10.7. The fourth-order valence-electron chi connectivity index (χ4n) is 1.79. The van der Waals surface area contributed by atoms with E-state index in [1.54, 1.807) is 0 Å². The Morgan fingerprint density at radius 3 is 2.53 bits per heavy atom. The molecule has 1 N–H and O–H groups in total. The van der Waals surface area contributed by atoms with E-state index < -0.39 is 11.9 Å². The molecule has 0 aliphatic rings. The number of fused-ring (bicyclic) bond motifs is 1. The number of benzene rings is 1. The molecule has 0 radical (unpaired) electrons. The number of ether oxygens (including phenoxy) is 1. The Morgan fingerprint density at radius 2 is 1.95 bits per heavy atom. The van der Waals surface area contributed by atoms with E-state index in [-0.39, 0.29) is 22.2 Å². The molecule has 0 bridgehead atoms. The lowest BCUT2D eigenvalue weighted by molar-refractivity contribution is -0.141. The second-order valence-electron chi connectivity index (χ2n) is 3.84. The Balaban J connectivity index is 2.67. The highest BCUT2D eigenvalue weighted by molar-refractivity contribution is 6.43. The highest BCUT2D eigenvalue weighted by Gasteiger charge is 2.17. The van der Waals surface area contributed by atoms with Gasteiger partial charge in [0.25, 0.3) is 0 Å². The van der Waals surface area contributed by atoms with E-state index >= 15 is 0 Å². The third-order valence-corrected chi connectivity index (χ3v) is 3.40. The van der Waals surface area contributed by atoms with Crippen molar-refractivity contribution in [1.29, 1.82) is 0 Å². The number of methoxy groups -OCH3 is 1. The van der Waals surface area contributed by atoms with Crippen LogP contribution in [-0.2, 0) is 16.1 Å². The van der Waals surface area contributed by atoms with Gasteiger partial charge in [-0.2, -0.15) is 0 Å². The maximum atomic E-state index is 11.3. The van der Waals surface area contributed by atoms with Gasteiger partial charge in [-0.15, -0.1) is 0 Å². The third-order valence-electron chi connectivity index (χ3n) is 2.68. The summed E-state index contributed by atoms with van der Waals surface area (Å²) in [6.07, 6.45) is 1.36. The fraction of sp³-hybridized carbons (Fsp3) is 0.167.